The monoisotopic (exact) mass is 310 g/mol. The predicted molar refractivity (Wildman–Crippen MR) is 88.7 cm³/mol. The minimum Gasteiger partial charge on any atom is -0.330 e. The average molecular weight is 310 g/mol. The van der Waals surface area contributed by atoms with Gasteiger partial charge in [0.15, 0.2) is 0 Å². The van der Waals surface area contributed by atoms with Crippen LogP contribution in [0.25, 0.3) is 11.0 Å². The first-order chi connectivity index (χ1) is 11.3. The minimum absolute atomic E-state index is 0.662. The fourth-order valence-corrected chi connectivity index (χ4v) is 3.53. The van der Waals surface area contributed by atoms with Crippen molar-refractivity contribution in [2.75, 3.05) is 13.1 Å². The molecule has 1 saturated heterocycles. The van der Waals surface area contributed by atoms with Gasteiger partial charge in [0.05, 0.1) is 23.9 Å². The third-order valence-electron chi connectivity index (χ3n) is 4.76. The van der Waals surface area contributed by atoms with Gasteiger partial charge >= 0.3 is 0 Å². The van der Waals surface area contributed by atoms with Gasteiger partial charge in [-0.15, -0.1) is 10.2 Å². The third kappa shape index (κ3) is 2.99. The molecule has 1 aromatic carbocycles. The van der Waals surface area contributed by atoms with E-state index in [1.807, 2.05) is 24.0 Å². The Labute approximate surface area is 135 Å². The van der Waals surface area contributed by atoms with Crippen LogP contribution >= 0.6 is 0 Å². The van der Waals surface area contributed by atoms with E-state index in [1.54, 1.807) is 6.33 Å². The van der Waals surface area contributed by atoms with Crippen LogP contribution in [-0.2, 0) is 20.1 Å². The summed E-state index contributed by atoms with van der Waals surface area (Å²) in [6.07, 6.45) is 6.28. The number of fused-ring (bicyclic) bond motifs is 1. The number of hydrogen-bond acceptors (Lipinski definition) is 4. The fraction of sp³-hybridized carbons (Fsp3) is 0.471. The molecule has 3 heterocycles. The third-order valence-corrected chi connectivity index (χ3v) is 4.76. The van der Waals surface area contributed by atoms with Crippen molar-refractivity contribution in [3.8, 4) is 0 Å². The number of hydrogen-bond donors (Lipinski definition) is 0. The molecule has 120 valence electrons. The van der Waals surface area contributed by atoms with Crippen molar-refractivity contribution in [2.24, 2.45) is 13.0 Å². The lowest BCUT2D eigenvalue weighted by molar-refractivity contribution is 0.152. The van der Waals surface area contributed by atoms with Gasteiger partial charge in [-0.1, -0.05) is 12.1 Å². The molecular weight excluding hydrogens is 288 g/mol. The van der Waals surface area contributed by atoms with Crippen molar-refractivity contribution in [3.05, 3.63) is 42.7 Å². The highest BCUT2D eigenvalue weighted by atomic mass is 15.3. The van der Waals surface area contributed by atoms with E-state index in [0.717, 1.165) is 37.5 Å². The van der Waals surface area contributed by atoms with Crippen molar-refractivity contribution in [1.82, 2.24) is 29.2 Å². The second kappa shape index (κ2) is 6.12. The molecule has 1 aliphatic rings. The van der Waals surface area contributed by atoms with Crippen molar-refractivity contribution in [3.63, 3.8) is 0 Å². The minimum atomic E-state index is 0.662. The van der Waals surface area contributed by atoms with Gasteiger partial charge in [-0.05, 0) is 37.4 Å². The van der Waals surface area contributed by atoms with E-state index < -0.39 is 0 Å². The summed E-state index contributed by atoms with van der Waals surface area (Å²) in [5, 5.41) is 8.18. The molecule has 6 heteroatoms. The number of aromatic nitrogens is 5. The van der Waals surface area contributed by atoms with Crippen LogP contribution in [0.2, 0.25) is 0 Å². The van der Waals surface area contributed by atoms with Gasteiger partial charge in [-0.3, -0.25) is 4.90 Å². The lowest BCUT2D eigenvalue weighted by Gasteiger charge is -2.32. The zero-order valence-electron chi connectivity index (χ0n) is 13.5. The normalized spacial score (nSPS) is 19.4. The summed E-state index contributed by atoms with van der Waals surface area (Å²) in [4.78, 5) is 7.00. The van der Waals surface area contributed by atoms with E-state index in [1.165, 1.54) is 18.4 Å². The Kier molecular flexibility index (Phi) is 3.83. The largest absolute Gasteiger partial charge is 0.330 e. The van der Waals surface area contributed by atoms with Crippen LogP contribution in [0.4, 0.5) is 0 Å². The van der Waals surface area contributed by atoms with Crippen LogP contribution in [0.5, 0.6) is 0 Å². The summed E-state index contributed by atoms with van der Waals surface area (Å²) in [6, 6.07) is 8.36. The summed E-state index contributed by atoms with van der Waals surface area (Å²) in [5.41, 5.74) is 2.32. The molecule has 3 aromatic rings. The molecular formula is C17H22N6. The van der Waals surface area contributed by atoms with Gasteiger partial charge in [-0.25, -0.2) is 4.98 Å². The Bertz CT molecular complexity index is 789. The Hall–Kier alpha value is -2.21. The standard InChI is InChI=1S/C17H22N6/c1-21-13-19-20-17(21)11-22-8-4-5-14(9-22)10-23-12-18-15-6-2-3-7-16(15)23/h2-3,6-7,12-14H,4-5,8-11H2,1H3. The van der Waals surface area contributed by atoms with Crippen LogP contribution in [0.3, 0.4) is 0 Å². The van der Waals surface area contributed by atoms with E-state index >= 15 is 0 Å². The number of aryl methyl sites for hydroxylation is 1. The predicted octanol–water partition coefficient (Wildman–Crippen LogP) is 2.08. The van der Waals surface area contributed by atoms with Crippen LogP contribution in [0.15, 0.2) is 36.9 Å². The zero-order valence-corrected chi connectivity index (χ0v) is 13.5. The first kappa shape index (κ1) is 14.4. The van der Waals surface area contributed by atoms with Crippen molar-refractivity contribution >= 4 is 11.0 Å². The fourth-order valence-electron chi connectivity index (χ4n) is 3.53. The molecule has 23 heavy (non-hydrogen) atoms. The van der Waals surface area contributed by atoms with Gasteiger partial charge < -0.3 is 9.13 Å². The first-order valence-corrected chi connectivity index (χ1v) is 8.24. The SMILES string of the molecule is Cn1cnnc1CN1CCCC(Cn2cnc3ccccc32)C1. The lowest BCUT2D eigenvalue weighted by atomic mass is 9.98. The van der Waals surface area contributed by atoms with Gasteiger partial charge in [-0.2, -0.15) is 0 Å². The summed E-state index contributed by atoms with van der Waals surface area (Å²) >= 11 is 0. The molecule has 2 aromatic heterocycles. The molecule has 1 aliphatic heterocycles. The summed E-state index contributed by atoms with van der Waals surface area (Å²) < 4.78 is 4.30. The quantitative estimate of drug-likeness (QED) is 0.740. The van der Waals surface area contributed by atoms with E-state index in [4.69, 9.17) is 0 Å². The Morgan fingerprint density at radius 2 is 2.13 bits per heavy atom. The van der Waals surface area contributed by atoms with Crippen molar-refractivity contribution in [1.29, 1.82) is 0 Å². The summed E-state index contributed by atoms with van der Waals surface area (Å²) in [7, 11) is 2.01. The van der Waals surface area contributed by atoms with Gasteiger partial charge in [0, 0.05) is 20.1 Å². The number of rotatable bonds is 4. The lowest BCUT2D eigenvalue weighted by Crippen LogP contribution is -2.37. The molecule has 0 N–H and O–H groups in total. The van der Waals surface area contributed by atoms with E-state index in [-0.39, 0.29) is 0 Å². The topological polar surface area (TPSA) is 51.8 Å². The van der Waals surface area contributed by atoms with E-state index in [2.05, 4.69) is 42.8 Å². The highest BCUT2D eigenvalue weighted by molar-refractivity contribution is 5.74. The molecule has 4 rings (SSSR count). The maximum absolute atomic E-state index is 4.50. The van der Waals surface area contributed by atoms with Crippen LogP contribution < -0.4 is 0 Å². The Balaban J connectivity index is 1.44. The maximum atomic E-state index is 4.50. The number of imidazole rings is 1. The zero-order chi connectivity index (χ0) is 15.6. The van der Waals surface area contributed by atoms with Crippen molar-refractivity contribution in [2.45, 2.75) is 25.9 Å². The van der Waals surface area contributed by atoms with E-state index in [0.29, 0.717) is 5.92 Å². The second-order valence-corrected chi connectivity index (χ2v) is 6.49. The molecule has 0 aliphatic carbocycles. The van der Waals surface area contributed by atoms with Gasteiger partial charge in [0.25, 0.3) is 0 Å². The molecule has 1 unspecified atom stereocenters. The Morgan fingerprint density at radius 3 is 3.00 bits per heavy atom. The Morgan fingerprint density at radius 1 is 1.22 bits per heavy atom. The van der Waals surface area contributed by atoms with Gasteiger partial charge in [0.1, 0.15) is 12.2 Å². The van der Waals surface area contributed by atoms with Gasteiger partial charge in [0.2, 0.25) is 0 Å². The highest BCUT2D eigenvalue weighted by Crippen LogP contribution is 2.22. The molecule has 1 atom stereocenters. The molecule has 0 radical (unpaired) electrons. The second-order valence-electron chi connectivity index (χ2n) is 6.49. The number of para-hydroxylation sites is 2. The molecule has 0 spiro atoms. The average Bonchev–Trinajstić information content (AvgIpc) is 3.15. The smallest absolute Gasteiger partial charge is 0.146 e. The summed E-state index contributed by atoms with van der Waals surface area (Å²) in [6.45, 7) is 4.18. The van der Waals surface area contributed by atoms with Crippen LogP contribution in [-0.4, -0.2) is 42.3 Å². The maximum Gasteiger partial charge on any atom is 0.146 e. The molecule has 1 fully saturated rings. The van der Waals surface area contributed by atoms with E-state index in [9.17, 15) is 0 Å². The summed E-state index contributed by atoms with van der Waals surface area (Å²) in [5.74, 6) is 1.70. The van der Waals surface area contributed by atoms with Crippen molar-refractivity contribution < 1.29 is 0 Å². The number of piperidine rings is 1. The number of likely N-dealkylation sites (tertiary alicyclic amines) is 1. The number of benzene rings is 1. The molecule has 0 bridgehead atoms. The molecule has 0 saturated carbocycles. The molecule has 0 amide bonds. The van der Waals surface area contributed by atoms with Crippen LogP contribution in [0, 0.1) is 5.92 Å². The number of nitrogens with zero attached hydrogens (tertiary/aromatic N) is 6. The van der Waals surface area contributed by atoms with Crippen LogP contribution in [0.1, 0.15) is 18.7 Å². The molecule has 6 nitrogen and oxygen atoms in total. The first-order valence-electron chi connectivity index (χ1n) is 8.24. The highest BCUT2D eigenvalue weighted by Gasteiger charge is 2.22.